The van der Waals surface area contributed by atoms with Crippen molar-refractivity contribution in [1.82, 2.24) is 19.8 Å². The summed E-state index contributed by atoms with van der Waals surface area (Å²) in [6, 6.07) is 15.3. The number of hydrogen-bond donors (Lipinski definition) is 0. The van der Waals surface area contributed by atoms with Crippen molar-refractivity contribution >= 4 is 67.7 Å². The maximum Gasteiger partial charge on any atom is 0.414 e. The Bertz CT molecular complexity index is 1350. The minimum atomic E-state index is -0.396. The van der Waals surface area contributed by atoms with Gasteiger partial charge in [-0.25, -0.2) is 9.59 Å². The van der Waals surface area contributed by atoms with E-state index in [2.05, 4.69) is 9.97 Å². The van der Waals surface area contributed by atoms with Crippen molar-refractivity contribution in [2.75, 3.05) is 28.2 Å². The summed E-state index contributed by atoms with van der Waals surface area (Å²) in [5.41, 5.74) is 2.06. The Balaban J connectivity index is 0.00000294. The van der Waals surface area contributed by atoms with E-state index < -0.39 is 12.2 Å². The third kappa shape index (κ3) is 8.87. The van der Waals surface area contributed by atoms with Gasteiger partial charge in [-0.1, -0.05) is 43.5 Å². The quantitative estimate of drug-likeness (QED) is 0.158. The van der Waals surface area contributed by atoms with Gasteiger partial charge in [0.2, 0.25) is 0 Å². The third-order valence-electron chi connectivity index (χ3n) is 6.65. The predicted molar refractivity (Wildman–Crippen MR) is 174 cm³/mol. The van der Waals surface area contributed by atoms with Crippen molar-refractivity contribution in [2.24, 2.45) is 0 Å². The zero-order valence-corrected chi connectivity index (χ0v) is 27.4. The molecule has 0 atom stereocenters. The van der Waals surface area contributed by atoms with Gasteiger partial charge in [0, 0.05) is 73.5 Å². The number of fused-ring (bicyclic) bond motifs is 2. The Kier molecular flexibility index (Phi) is 13.5. The van der Waals surface area contributed by atoms with Crippen molar-refractivity contribution in [3.05, 3.63) is 72.3 Å². The topological polar surface area (TPSA) is 84.9 Å². The van der Waals surface area contributed by atoms with Crippen LogP contribution in [-0.4, -0.2) is 60.1 Å². The highest BCUT2D eigenvalue weighted by molar-refractivity contribution is 8.93. The number of unbranched alkanes of at least 4 members (excludes halogenated alkanes) is 4. The predicted octanol–water partition coefficient (Wildman–Crippen LogP) is 7.80. The van der Waals surface area contributed by atoms with Gasteiger partial charge in [-0.3, -0.25) is 9.97 Å². The third-order valence-corrected chi connectivity index (χ3v) is 6.65. The Morgan fingerprint density at radius 2 is 0.976 bits per heavy atom. The van der Waals surface area contributed by atoms with E-state index >= 15 is 0 Å². The molecule has 4 aromatic rings. The first-order chi connectivity index (χ1) is 18.8. The maximum absolute atomic E-state index is 12.0. The van der Waals surface area contributed by atoms with Gasteiger partial charge in [0.05, 0.1) is 0 Å². The minimum Gasteiger partial charge on any atom is -0.410 e. The van der Waals surface area contributed by atoms with Crippen LogP contribution in [0.3, 0.4) is 0 Å². The second-order valence-corrected chi connectivity index (χ2v) is 10.0. The first kappa shape index (κ1) is 34.0. The van der Waals surface area contributed by atoms with E-state index in [4.69, 9.17) is 9.47 Å². The fourth-order valence-electron chi connectivity index (χ4n) is 4.54. The van der Waals surface area contributed by atoms with Crippen LogP contribution in [0.4, 0.5) is 9.59 Å². The summed E-state index contributed by atoms with van der Waals surface area (Å²) < 4.78 is 11.1. The van der Waals surface area contributed by atoms with Gasteiger partial charge in [0.1, 0.15) is 11.5 Å². The van der Waals surface area contributed by atoms with Crippen molar-refractivity contribution < 1.29 is 19.1 Å². The fourth-order valence-corrected chi connectivity index (χ4v) is 4.54. The molecule has 4 rings (SSSR count). The molecule has 8 nitrogen and oxygen atoms in total. The van der Waals surface area contributed by atoms with Crippen molar-refractivity contribution in [3.8, 4) is 11.5 Å². The molecule has 0 bridgehead atoms. The van der Waals surface area contributed by atoms with E-state index in [1.54, 1.807) is 40.6 Å². The molecule has 0 unspecified atom stereocenters. The number of ether oxygens (including phenoxy) is 2. The number of pyridine rings is 2. The molecule has 0 saturated carbocycles. The number of hydrogen-bond acceptors (Lipinski definition) is 6. The molecule has 220 valence electrons. The number of carbonyl (C=O) groups excluding carboxylic acids is 2. The molecule has 2 heterocycles. The average molecular weight is 690 g/mol. The molecule has 0 fully saturated rings. The molecule has 10 heteroatoms. The Labute approximate surface area is 262 Å². The lowest BCUT2D eigenvalue weighted by Gasteiger charge is -2.13. The monoisotopic (exact) mass is 688 g/mol. The van der Waals surface area contributed by atoms with Crippen LogP contribution >= 0.6 is 34.0 Å². The highest BCUT2D eigenvalue weighted by Gasteiger charge is 2.13. The van der Waals surface area contributed by atoms with E-state index in [1.807, 2.05) is 48.5 Å². The average Bonchev–Trinajstić information content (AvgIpc) is 2.93. The Hall–Kier alpha value is -3.24. The summed E-state index contributed by atoms with van der Waals surface area (Å²) in [5.74, 6) is 1.11. The molecule has 0 aliphatic heterocycles. The van der Waals surface area contributed by atoms with E-state index in [0.717, 1.165) is 77.9 Å². The second-order valence-electron chi connectivity index (χ2n) is 10.0. The van der Waals surface area contributed by atoms with Gasteiger partial charge in [0.15, 0.2) is 0 Å². The standard InChI is InChI=1S/C31H36N4O4.2BrH/c1-34(2)30(36)38-28-16-10-12-22-24(28)18-20-32-26(22)14-8-6-5-7-9-15-27-23-13-11-17-29(25(23)19-21-33-27)39-31(37)35(3)4;;/h10-13,16-21H,5-9,14-15H2,1-4H3;2*1H. The molecule has 0 radical (unpaired) electrons. The number of aryl methyl sites for hydroxylation is 2. The molecule has 0 N–H and O–H groups in total. The molecule has 2 aromatic carbocycles. The Morgan fingerprint density at radius 3 is 1.37 bits per heavy atom. The number of aromatic nitrogens is 2. The van der Waals surface area contributed by atoms with E-state index in [1.165, 1.54) is 9.80 Å². The van der Waals surface area contributed by atoms with Gasteiger partial charge in [0.25, 0.3) is 0 Å². The van der Waals surface area contributed by atoms with Crippen LogP contribution in [0.1, 0.15) is 43.5 Å². The number of carbonyl (C=O) groups is 2. The highest BCUT2D eigenvalue weighted by Crippen LogP contribution is 2.29. The van der Waals surface area contributed by atoms with Crippen LogP contribution in [0.15, 0.2) is 60.9 Å². The maximum atomic E-state index is 12.0. The zero-order valence-electron chi connectivity index (χ0n) is 24.0. The van der Waals surface area contributed by atoms with Gasteiger partial charge in [-0.2, -0.15) is 0 Å². The summed E-state index contributed by atoms with van der Waals surface area (Å²) in [5, 5.41) is 3.86. The smallest absolute Gasteiger partial charge is 0.410 e. The molecular weight excluding hydrogens is 652 g/mol. The molecule has 41 heavy (non-hydrogen) atoms. The van der Waals surface area contributed by atoms with E-state index in [9.17, 15) is 9.59 Å². The van der Waals surface area contributed by atoms with Crippen LogP contribution in [0.2, 0.25) is 0 Å². The summed E-state index contributed by atoms with van der Waals surface area (Å²) in [7, 11) is 6.67. The number of benzene rings is 2. The molecule has 2 amide bonds. The van der Waals surface area contributed by atoms with E-state index in [-0.39, 0.29) is 34.0 Å². The lowest BCUT2D eigenvalue weighted by molar-refractivity contribution is 0.171. The number of nitrogens with zero attached hydrogens (tertiary/aromatic N) is 4. The molecule has 0 saturated heterocycles. The van der Waals surface area contributed by atoms with Gasteiger partial charge in [-0.15, -0.1) is 34.0 Å². The van der Waals surface area contributed by atoms with E-state index in [0.29, 0.717) is 11.5 Å². The minimum absolute atomic E-state index is 0. The zero-order chi connectivity index (χ0) is 27.8. The SMILES string of the molecule is Br.Br.CN(C)C(=O)Oc1cccc2c(CCCCCCCc3nccc4c(OC(=O)N(C)C)cccc34)nccc12. The molecule has 2 aromatic heterocycles. The van der Waals surface area contributed by atoms with Crippen molar-refractivity contribution in [2.45, 2.75) is 44.9 Å². The first-order valence-electron chi connectivity index (χ1n) is 13.4. The van der Waals surface area contributed by atoms with Gasteiger partial charge >= 0.3 is 12.2 Å². The van der Waals surface area contributed by atoms with Crippen LogP contribution in [0, 0.1) is 0 Å². The largest absolute Gasteiger partial charge is 0.414 e. The van der Waals surface area contributed by atoms with Crippen LogP contribution in [-0.2, 0) is 12.8 Å². The first-order valence-corrected chi connectivity index (χ1v) is 13.4. The normalized spacial score (nSPS) is 10.4. The fraction of sp³-hybridized carbons (Fsp3) is 0.355. The number of rotatable bonds is 10. The van der Waals surface area contributed by atoms with Gasteiger partial charge < -0.3 is 19.3 Å². The second kappa shape index (κ2) is 16.3. The summed E-state index contributed by atoms with van der Waals surface area (Å²) in [6.07, 6.45) is 9.98. The lowest BCUT2D eigenvalue weighted by Crippen LogP contribution is -2.25. The summed E-state index contributed by atoms with van der Waals surface area (Å²) in [6.45, 7) is 0. The highest BCUT2D eigenvalue weighted by atomic mass is 79.9. The Morgan fingerprint density at radius 1 is 0.585 bits per heavy atom. The molecule has 0 spiro atoms. The van der Waals surface area contributed by atoms with Crippen LogP contribution in [0.5, 0.6) is 11.5 Å². The number of amides is 2. The van der Waals surface area contributed by atoms with Crippen LogP contribution < -0.4 is 9.47 Å². The summed E-state index contributed by atoms with van der Waals surface area (Å²) >= 11 is 0. The van der Waals surface area contributed by atoms with Crippen molar-refractivity contribution in [3.63, 3.8) is 0 Å². The van der Waals surface area contributed by atoms with Crippen molar-refractivity contribution in [1.29, 1.82) is 0 Å². The number of halogens is 2. The molecular formula is C31H38Br2N4O4. The molecule has 0 aliphatic carbocycles. The van der Waals surface area contributed by atoms with Gasteiger partial charge in [-0.05, 0) is 49.9 Å². The lowest BCUT2D eigenvalue weighted by atomic mass is 10.0. The van der Waals surface area contributed by atoms with Crippen LogP contribution in [0.25, 0.3) is 21.5 Å². The molecule has 0 aliphatic rings. The summed E-state index contributed by atoms with van der Waals surface area (Å²) in [4.78, 5) is 36.1.